The van der Waals surface area contributed by atoms with Crippen LogP contribution < -0.4 is 15.8 Å². The van der Waals surface area contributed by atoms with E-state index < -0.39 is 5.91 Å². The second kappa shape index (κ2) is 12.2. The molecule has 1 aliphatic rings. The Morgan fingerprint density at radius 2 is 1.94 bits per heavy atom. The highest BCUT2D eigenvalue weighted by Crippen LogP contribution is 2.25. The molecule has 3 rings (SSSR count). The van der Waals surface area contributed by atoms with E-state index in [1.54, 1.807) is 6.07 Å². The highest BCUT2D eigenvalue weighted by molar-refractivity contribution is 5.94. The molecule has 0 saturated carbocycles. The van der Waals surface area contributed by atoms with Crippen molar-refractivity contribution in [1.82, 2.24) is 10.2 Å². The number of nitrogens with zero attached hydrogens (tertiary/aromatic N) is 1. The molecule has 0 spiro atoms. The van der Waals surface area contributed by atoms with Crippen molar-refractivity contribution in [3.63, 3.8) is 0 Å². The minimum Gasteiger partial charge on any atom is -0.493 e. The summed E-state index contributed by atoms with van der Waals surface area (Å²) < 4.78 is 6.12. The first-order chi connectivity index (χ1) is 15.5. The highest BCUT2D eigenvalue weighted by Gasteiger charge is 2.13. The normalized spacial score (nSPS) is 15.2. The topological polar surface area (TPSA) is 84.7 Å². The Bertz CT molecular complexity index is 913. The number of benzene rings is 2. The van der Waals surface area contributed by atoms with Gasteiger partial charge in [-0.25, -0.2) is 0 Å². The van der Waals surface area contributed by atoms with Gasteiger partial charge in [0.1, 0.15) is 5.75 Å². The monoisotopic (exact) mass is 437 g/mol. The van der Waals surface area contributed by atoms with Crippen LogP contribution >= 0.6 is 0 Å². The van der Waals surface area contributed by atoms with E-state index in [1.807, 2.05) is 12.1 Å². The lowest BCUT2D eigenvalue weighted by atomic mass is 9.99. The van der Waals surface area contributed by atoms with E-state index in [0.717, 1.165) is 50.2 Å². The highest BCUT2D eigenvalue weighted by atomic mass is 16.5. The molecule has 2 bridgehead atoms. The van der Waals surface area contributed by atoms with Gasteiger partial charge >= 0.3 is 0 Å². The van der Waals surface area contributed by atoms with Crippen LogP contribution in [0.15, 0.2) is 42.5 Å². The molecule has 2 aromatic carbocycles. The summed E-state index contributed by atoms with van der Waals surface area (Å²) in [5, 5.41) is 2.76. The Hall–Kier alpha value is -2.86. The van der Waals surface area contributed by atoms with Crippen LogP contribution in [-0.2, 0) is 17.8 Å². The smallest absolute Gasteiger partial charge is 0.251 e. The molecule has 3 N–H and O–H groups in total. The number of hydrogen-bond acceptors (Lipinski definition) is 4. The van der Waals surface area contributed by atoms with Crippen molar-refractivity contribution in [2.24, 2.45) is 5.73 Å². The molecule has 2 aromatic rings. The van der Waals surface area contributed by atoms with Gasteiger partial charge in [-0.05, 0) is 73.7 Å². The molecule has 1 heterocycles. The van der Waals surface area contributed by atoms with E-state index in [0.29, 0.717) is 18.6 Å². The molecule has 0 atom stereocenters. The number of nitrogens with one attached hydrogen (secondary N) is 1. The molecule has 172 valence electrons. The number of rotatable bonds is 6. The van der Waals surface area contributed by atoms with E-state index >= 15 is 0 Å². The Morgan fingerprint density at radius 3 is 2.75 bits per heavy atom. The summed E-state index contributed by atoms with van der Waals surface area (Å²) >= 11 is 0. The van der Waals surface area contributed by atoms with Crippen LogP contribution in [0.3, 0.4) is 0 Å². The maximum Gasteiger partial charge on any atom is 0.251 e. The van der Waals surface area contributed by atoms with Crippen molar-refractivity contribution < 1.29 is 14.3 Å². The third kappa shape index (κ3) is 7.38. The fourth-order valence-electron chi connectivity index (χ4n) is 4.10. The van der Waals surface area contributed by atoms with Crippen LogP contribution in [0, 0.1) is 0 Å². The predicted molar refractivity (Wildman–Crippen MR) is 127 cm³/mol. The standard InChI is InChI=1S/C26H35N3O3/c1-2-13-29-14-4-3-5-15-32-24-10-9-22(26(31)28-12-11-25(27)30)18-23(24)17-20-7-6-8-21(16-20)19-29/h6-10,16,18H,2-5,11-15,17,19H2,1H3,(H2,27,30)(H,28,31). The van der Waals surface area contributed by atoms with Crippen molar-refractivity contribution in [2.45, 2.75) is 52.0 Å². The second-order valence-electron chi connectivity index (χ2n) is 8.48. The van der Waals surface area contributed by atoms with Gasteiger partial charge in [-0.1, -0.05) is 31.2 Å². The summed E-state index contributed by atoms with van der Waals surface area (Å²) in [5.74, 6) is 0.187. The number of hydrogen-bond donors (Lipinski definition) is 2. The molecule has 32 heavy (non-hydrogen) atoms. The van der Waals surface area contributed by atoms with E-state index in [-0.39, 0.29) is 18.9 Å². The number of primary amides is 1. The van der Waals surface area contributed by atoms with Crippen LogP contribution in [0.5, 0.6) is 5.75 Å². The number of carbonyl (C=O) groups excluding carboxylic acids is 2. The number of nitrogens with two attached hydrogens (primary N) is 1. The average Bonchev–Trinajstić information content (AvgIpc) is 2.76. The van der Waals surface area contributed by atoms with Gasteiger partial charge in [0.05, 0.1) is 6.61 Å². The summed E-state index contributed by atoms with van der Waals surface area (Å²) in [5.41, 5.74) is 9.23. The summed E-state index contributed by atoms with van der Waals surface area (Å²) in [6, 6.07) is 14.3. The fraction of sp³-hybridized carbons (Fsp3) is 0.462. The zero-order valence-electron chi connectivity index (χ0n) is 19.1. The Balaban J connectivity index is 1.83. The molecule has 6 heteroatoms. The van der Waals surface area contributed by atoms with Gasteiger partial charge in [0.25, 0.3) is 5.91 Å². The van der Waals surface area contributed by atoms with Gasteiger partial charge in [0.15, 0.2) is 0 Å². The van der Waals surface area contributed by atoms with Crippen molar-refractivity contribution in [2.75, 3.05) is 26.2 Å². The SMILES string of the molecule is CCCN1CCCCCOc2ccc(C(=O)NCCC(N)=O)cc2Cc2cccc(c2)C1. The molecule has 1 aliphatic heterocycles. The number of amides is 2. The molecule has 0 aliphatic carbocycles. The number of ether oxygens (including phenoxy) is 1. The van der Waals surface area contributed by atoms with Crippen molar-refractivity contribution >= 4 is 11.8 Å². The van der Waals surface area contributed by atoms with Gasteiger partial charge < -0.3 is 15.8 Å². The lowest BCUT2D eigenvalue weighted by molar-refractivity contribution is -0.117. The Morgan fingerprint density at radius 1 is 1.09 bits per heavy atom. The molecule has 0 saturated heterocycles. The predicted octanol–water partition coefficient (Wildman–Crippen LogP) is 3.66. The van der Waals surface area contributed by atoms with E-state index in [9.17, 15) is 9.59 Å². The maximum atomic E-state index is 12.5. The molecule has 0 aromatic heterocycles. The molecule has 0 unspecified atom stereocenters. The van der Waals surface area contributed by atoms with Crippen molar-refractivity contribution in [1.29, 1.82) is 0 Å². The fourth-order valence-corrected chi connectivity index (χ4v) is 4.10. The second-order valence-corrected chi connectivity index (χ2v) is 8.48. The van der Waals surface area contributed by atoms with Gasteiger partial charge in [-0.3, -0.25) is 14.5 Å². The summed E-state index contributed by atoms with van der Waals surface area (Å²) in [6.07, 6.45) is 5.29. The molecule has 0 radical (unpaired) electrons. The lowest BCUT2D eigenvalue weighted by Gasteiger charge is -2.22. The van der Waals surface area contributed by atoms with Gasteiger partial charge in [0.2, 0.25) is 5.91 Å². The zero-order chi connectivity index (χ0) is 22.8. The third-order valence-corrected chi connectivity index (χ3v) is 5.69. The van der Waals surface area contributed by atoms with E-state index in [2.05, 4.69) is 41.4 Å². The quantitative estimate of drug-likeness (QED) is 0.722. The summed E-state index contributed by atoms with van der Waals surface area (Å²) in [7, 11) is 0. The molecule has 0 fully saturated rings. The maximum absolute atomic E-state index is 12.5. The van der Waals surface area contributed by atoms with Crippen LogP contribution in [0.1, 0.15) is 66.1 Å². The number of carbonyl (C=O) groups is 2. The third-order valence-electron chi connectivity index (χ3n) is 5.69. The minimum atomic E-state index is -0.430. The van der Waals surface area contributed by atoms with Crippen LogP contribution in [0.2, 0.25) is 0 Å². The molecular formula is C26H35N3O3. The largest absolute Gasteiger partial charge is 0.493 e. The van der Waals surface area contributed by atoms with Crippen LogP contribution in [-0.4, -0.2) is 43.0 Å². The van der Waals surface area contributed by atoms with E-state index in [4.69, 9.17) is 10.5 Å². The zero-order valence-corrected chi connectivity index (χ0v) is 19.1. The average molecular weight is 438 g/mol. The summed E-state index contributed by atoms with van der Waals surface area (Å²) in [4.78, 5) is 26.0. The first-order valence-electron chi connectivity index (χ1n) is 11.7. The molecular weight excluding hydrogens is 402 g/mol. The van der Waals surface area contributed by atoms with E-state index in [1.165, 1.54) is 17.5 Å². The van der Waals surface area contributed by atoms with Crippen LogP contribution in [0.25, 0.3) is 0 Å². The minimum absolute atomic E-state index is 0.127. The first kappa shape index (κ1) is 23.8. The van der Waals surface area contributed by atoms with Crippen LogP contribution in [0.4, 0.5) is 0 Å². The Labute approximate surface area is 191 Å². The van der Waals surface area contributed by atoms with Gasteiger partial charge in [-0.2, -0.15) is 0 Å². The van der Waals surface area contributed by atoms with Crippen molar-refractivity contribution in [3.8, 4) is 5.75 Å². The summed E-state index contributed by atoms with van der Waals surface area (Å²) in [6.45, 7) is 6.32. The molecule has 6 nitrogen and oxygen atoms in total. The van der Waals surface area contributed by atoms with Crippen molar-refractivity contribution in [3.05, 3.63) is 64.7 Å². The molecule has 2 amide bonds. The lowest BCUT2D eigenvalue weighted by Crippen LogP contribution is -2.28. The first-order valence-corrected chi connectivity index (χ1v) is 11.7. The van der Waals surface area contributed by atoms with Gasteiger partial charge in [0, 0.05) is 31.5 Å². The number of fused-ring (bicyclic) bond motifs is 3. The Kier molecular flexibility index (Phi) is 9.11. The van der Waals surface area contributed by atoms with Gasteiger partial charge in [-0.15, -0.1) is 0 Å².